The molecule has 1 N–H and O–H groups in total. The van der Waals surface area contributed by atoms with Gasteiger partial charge in [-0.2, -0.15) is 10.2 Å². The van der Waals surface area contributed by atoms with Crippen LogP contribution in [-0.4, -0.2) is 24.5 Å². The molecule has 3 aromatic heterocycles. The largest absolute Gasteiger partial charge is 0.325 e. The minimum atomic E-state index is 0.691. The van der Waals surface area contributed by atoms with Gasteiger partial charge in [0.05, 0.1) is 11.9 Å². The summed E-state index contributed by atoms with van der Waals surface area (Å²) in [5, 5.41) is 13.7. The molecule has 0 spiro atoms. The molecule has 0 bridgehead atoms. The smallest absolute Gasteiger partial charge is 0.159 e. The average molecular weight is 339 g/mol. The zero-order valence-corrected chi connectivity index (χ0v) is 14.0. The van der Waals surface area contributed by atoms with Crippen molar-refractivity contribution in [1.29, 1.82) is 0 Å². The number of rotatable bonds is 3. The van der Waals surface area contributed by atoms with Gasteiger partial charge in [0.25, 0.3) is 0 Å². The molecule has 0 aliphatic rings. The molecular formula is C17H15ClN6. The summed E-state index contributed by atoms with van der Waals surface area (Å²) in [6.45, 7) is 0. The second-order valence-corrected chi connectivity index (χ2v) is 5.99. The van der Waals surface area contributed by atoms with Crippen LogP contribution in [0.4, 0.5) is 11.6 Å². The molecule has 0 aliphatic heterocycles. The number of aryl methyl sites for hydroxylation is 2. The van der Waals surface area contributed by atoms with Crippen molar-refractivity contribution in [3.8, 4) is 11.3 Å². The van der Waals surface area contributed by atoms with Crippen LogP contribution >= 0.6 is 11.6 Å². The second kappa shape index (κ2) is 5.65. The maximum Gasteiger partial charge on any atom is 0.159 e. The van der Waals surface area contributed by atoms with E-state index in [1.54, 1.807) is 15.6 Å². The van der Waals surface area contributed by atoms with Crippen molar-refractivity contribution in [3.63, 3.8) is 0 Å². The van der Waals surface area contributed by atoms with Crippen LogP contribution in [0.2, 0.25) is 5.02 Å². The van der Waals surface area contributed by atoms with E-state index in [1.165, 1.54) is 0 Å². The monoisotopic (exact) mass is 338 g/mol. The van der Waals surface area contributed by atoms with Crippen molar-refractivity contribution in [2.24, 2.45) is 14.1 Å². The van der Waals surface area contributed by atoms with Gasteiger partial charge in [-0.3, -0.25) is 9.36 Å². The third-order valence-electron chi connectivity index (χ3n) is 3.84. The summed E-state index contributed by atoms with van der Waals surface area (Å²) >= 11 is 6.06. The highest BCUT2D eigenvalue weighted by Gasteiger charge is 2.09. The molecule has 3 heterocycles. The van der Waals surface area contributed by atoms with Gasteiger partial charge in [0, 0.05) is 36.1 Å². The third-order valence-corrected chi connectivity index (χ3v) is 4.07. The van der Waals surface area contributed by atoms with Gasteiger partial charge in [0.1, 0.15) is 11.6 Å². The number of benzene rings is 1. The minimum absolute atomic E-state index is 0.691. The number of pyridine rings is 1. The van der Waals surface area contributed by atoms with Crippen molar-refractivity contribution in [1.82, 2.24) is 24.5 Å². The maximum absolute atomic E-state index is 6.06. The van der Waals surface area contributed by atoms with E-state index >= 15 is 0 Å². The molecule has 24 heavy (non-hydrogen) atoms. The average Bonchev–Trinajstić information content (AvgIpc) is 3.12. The van der Waals surface area contributed by atoms with Crippen LogP contribution in [0.3, 0.4) is 0 Å². The SMILES string of the molecule is Cn1nc(-c2cccc(Cl)c2)cc1Nc1ccc2cnn(C)c2n1. The lowest BCUT2D eigenvalue weighted by molar-refractivity contribution is 0.777. The summed E-state index contributed by atoms with van der Waals surface area (Å²) in [5.41, 5.74) is 2.66. The lowest BCUT2D eigenvalue weighted by atomic mass is 10.1. The quantitative estimate of drug-likeness (QED) is 0.617. The molecule has 0 saturated heterocycles. The Morgan fingerprint density at radius 2 is 1.92 bits per heavy atom. The highest BCUT2D eigenvalue weighted by molar-refractivity contribution is 6.30. The number of nitrogens with one attached hydrogen (secondary N) is 1. The van der Waals surface area contributed by atoms with E-state index in [-0.39, 0.29) is 0 Å². The molecule has 0 amide bonds. The van der Waals surface area contributed by atoms with E-state index in [0.717, 1.165) is 33.9 Å². The van der Waals surface area contributed by atoms with Crippen LogP contribution in [0.1, 0.15) is 0 Å². The second-order valence-electron chi connectivity index (χ2n) is 5.55. The van der Waals surface area contributed by atoms with Crippen molar-refractivity contribution in [2.45, 2.75) is 0 Å². The Balaban J connectivity index is 1.67. The normalized spacial score (nSPS) is 11.1. The summed E-state index contributed by atoms with van der Waals surface area (Å²) in [5.74, 6) is 1.59. The zero-order chi connectivity index (χ0) is 16.7. The standard InChI is InChI=1S/C17H15ClN6/c1-23-16(9-14(22-23)11-4-3-5-13(18)8-11)20-15-7-6-12-10-19-24(2)17(12)21-15/h3-10H,1-2H3,(H,20,21). The first-order chi connectivity index (χ1) is 11.6. The van der Waals surface area contributed by atoms with E-state index in [4.69, 9.17) is 11.6 Å². The first kappa shape index (κ1) is 14.7. The summed E-state index contributed by atoms with van der Waals surface area (Å²) in [7, 11) is 3.76. The zero-order valence-electron chi connectivity index (χ0n) is 13.2. The Morgan fingerprint density at radius 1 is 1.04 bits per heavy atom. The van der Waals surface area contributed by atoms with Gasteiger partial charge in [0.2, 0.25) is 0 Å². The Bertz CT molecular complexity index is 1030. The maximum atomic E-state index is 6.06. The molecule has 0 aliphatic carbocycles. The van der Waals surface area contributed by atoms with Crippen molar-refractivity contribution in [3.05, 3.63) is 53.7 Å². The van der Waals surface area contributed by atoms with E-state index < -0.39 is 0 Å². The van der Waals surface area contributed by atoms with E-state index in [9.17, 15) is 0 Å². The molecule has 7 heteroatoms. The molecule has 4 aromatic rings. The van der Waals surface area contributed by atoms with Crippen LogP contribution in [0.25, 0.3) is 22.3 Å². The van der Waals surface area contributed by atoms with Gasteiger partial charge in [-0.15, -0.1) is 0 Å². The molecule has 4 rings (SSSR count). The van der Waals surface area contributed by atoms with Crippen molar-refractivity contribution >= 4 is 34.3 Å². The number of halogens is 1. The Morgan fingerprint density at radius 3 is 2.75 bits per heavy atom. The van der Waals surface area contributed by atoms with E-state index in [1.807, 2.05) is 56.6 Å². The molecule has 0 fully saturated rings. The summed E-state index contributed by atoms with van der Waals surface area (Å²) in [6.07, 6.45) is 1.80. The molecule has 0 radical (unpaired) electrons. The highest BCUT2D eigenvalue weighted by Crippen LogP contribution is 2.25. The lowest BCUT2D eigenvalue weighted by Gasteiger charge is -2.05. The predicted octanol–water partition coefficient (Wildman–Crippen LogP) is 3.77. The number of aromatic nitrogens is 5. The minimum Gasteiger partial charge on any atom is -0.325 e. The third kappa shape index (κ3) is 2.61. The molecular weight excluding hydrogens is 324 g/mol. The molecule has 1 aromatic carbocycles. The summed E-state index contributed by atoms with van der Waals surface area (Å²) < 4.78 is 3.53. The van der Waals surface area contributed by atoms with Crippen LogP contribution in [0.15, 0.2) is 48.7 Å². The number of hydrogen-bond donors (Lipinski definition) is 1. The van der Waals surface area contributed by atoms with Crippen LogP contribution < -0.4 is 5.32 Å². The van der Waals surface area contributed by atoms with Crippen molar-refractivity contribution < 1.29 is 0 Å². The Hall–Kier alpha value is -2.86. The van der Waals surface area contributed by atoms with Gasteiger partial charge in [0.15, 0.2) is 5.65 Å². The molecule has 6 nitrogen and oxygen atoms in total. The first-order valence-corrected chi connectivity index (χ1v) is 7.84. The number of fused-ring (bicyclic) bond motifs is 1. The fraction of sp³-hybridized carbons (Fsp3) is 0.118. The fourth-order valence-corrected chi connectivity index (χ4v) is 2.79. The molecule has 0 unspecified atom stereocenters. The molecule has 120 valence electrons. The molecule has 0 saturated carbocycles. The topological polar surface area (TPSA) is 60.6 Å². The lowest BCUT2D eigenvalue weighted by Crippen LogP contribution is -2.01. The first-order valence-electron chi connectivity index (χ1n) is 7.46. The molecule has 0 atom stereocenters. The van der Waals surface area contributed by atoms with Crippen LogP contribution in [0.5, 0.6) is 0 Å². The van der Waals surface area contributed by atoms with E-state index in [0.29, 0.717) is 5.02 Å². The predicted molar refractivity (Wildman–Crippen MR) is 95.4 cm³/mol. The number of hydrogen-bond acceptors (Lipinski definition) is 4. The fourth-order valence-electron chi connectivity index (χ4n) is 2.60. The Labute approximate surface area is 143 Å². The van der Waals surface area contributed by atoms with Gasteiger partial charge >= 0.3 is 0 Å². The number of anilines is 2. The number of nitrogens with zero attached hydrogens (tertiary/aromatic N) is 5. The summed E-state index contributed by atoms with van der Waals surface area (Å²) in [6, 6.07) is 13.5. The van der Waals surface area contributed by atoms with Gasteiger partial charge < -0.3 is 5.32 Å². The summed E-state index contributed by atoms with van der Waals surface area (Å²) in [4.78, 5) is 4.59. The Kier molecular flexibility index (Phi) is 3.46. The van der Waals surface area contributed by atoms with Crippen LogP contribution in [0, 0.1) is 0 Å². The van der Waals surface area contributed by atoms with E-state index in [2.05, 4.69) is 20.5 Å². The van der Waals surface area contributed by atoms with Gasteiger partial charge in [-0.25, -0.2) is 4.98 Å². The van der Waals surface area contributed by atoms with Crippen LogP contribution in [-0.2, 0) is 14.1 Å². The van der Waals surface area contributed by atoms with Gasteiger partial charge in [-0.1, -0.05) is 23.7 Å². The van der Waals surface area contributed by atoms with Crippen molar-refractivity contribution in [2.75, 3.05) is 5.32 Å². The highest BCUT2D eigenvalue weighted by atomic mass is 35.5. The van der Waals surface area contributed by atoms with Gasteiger partial charge in [-0.05, 0) is 24.3 Å².